The molecule has 2 saturated carbocycles. The zero-order valence-electron chi connectivity index (χ0n) is 11.8. The first kappa shape index (κ1) is 13.9. The summed E-state index contributed by atoms with van der Waals surface area (Å²) in [5, 5.41) is 11.6. The van der Waals surface area contributed by atoms with E-state index in [-0.39, 0.29) is 11.8 Å². The lowest BCUT2D eigenvalue weighted by molar-refractivity contribution is -0.131. The fraction of sp³-hybridized carbons (Fsp3) is 0.412. The van der Waals surface area contributed by atoms with E-state index in [1.54, 1.807) is 6.07 Å². The molecule has 0 spiro atoms. The SMILES string of the molecule is O=C(O)/C=C/c1cccc(NC(=O)C2C3CCCCC32)c1. The van der Waals surface area contributed by atoms with E-state index in [2.05, 4.69) is 5.32 Å². The first-order chi connectivity index (χ1) is 10.1. The Balaban J connectivity index is 1.64. The normalized spacial score (nSPS) is 27.1. The van der Waals surface area contributed by atoms with Crippen LogP contribution >= 0.6 is 0 Å². The number of anilines is 1. The molecular formula is C17H19NO3. The molecule has 110 valence electrons. The van der Waals surface area contributed by atoms with Crippen molar-refractivity contribution >= 4 is 23.6 Å². The second kappa shape index (κ2) is 5.72. The van der Waals surface area contributed by atoms with Crippen LogP contribution in [0.3, 0.4) is 0 Å². The van der Waals surface area contributed by atoms with E-state index in [0.29, 0.717) is 11.8 Å². The fourth-order valence-electron chi connectivity index (χ4n) is 3.49. The molecule has 3 rings (SSSR count). The highest BCUT2D eigenvalue weighted by Gasteiger charge is 2.54. The minimum atomic E-state index is -0.980. The van der Waals surface area contributed by atoms with Crippen LogP contribution in [0, 0.1) is 17.8 Å². The van der Waals surface area contributed by atoms with Crippen LogP contribution < -0.4 is 5.32 Å². The lowest BCUT2D eigenvalue weighted by Crippen LogP contribution is -2.15. The van der Waals surface area contributed by atoms with Crippen molar-refractivity contribution in [2.75, 3.05) is 5.32 Å². The van der Waals surface area contributed by atoms with Crippen molar-refractivity contribution in [2.45, 2.75) is 25.7 Å². The van der Waals surface area contributed by atoms with E-state index >= 15 is 0 Å². The topological polar surface area (TPSA) is 66.4 Å². The van der Waals surface area contributed by atoms with Crippen LogP contribution in [0.2, 0.25) is 0 Å². The summed E-state index contributed by atoms with van der Waals surface area (Å²) in [6.45, 7) is 0. The number of carbonyl (C=O) groups is 2. The van der Waals surface area contributed by atoms with E-state index < -0.39 is 5.97 Å². The van der Waals surface area contributed by atoms with Crippen molar-refractivity contribution in [2.24, 2.45) is 17.8 Å². The van der Waals surface area contributed by atoms with Crippen LogP contribution in [0.4, 0.5) is 5.69 Å². The van der Waals surface area contributed by atoms with Gasteiger partial charge in [-0.2, -0.15) is 0 Å². The Morgan fingerprint density at radius 1 is 1.19 bits per heavy atom. The van der Waals surface area contributed by atoms with E-state index in [4.69, 9.17) is 5.11 Å². The van der Waals surface area contributed by atoms with Crippen LogP contribution in [0.15, 0.2) is 30.3 Å². The van der Waals surface area contributed by atoms with Crippen molar-refractivity contribution in [1.29, 1.82) is 0 Å². The number of carbonyl (C=O) groups excluding carboxylic acids is 1. The molecule has 2 N–H and O–H groups in total. The molecular weight excluding hydrogens is 266 g/mol. The van der Waals surface area contributed by atoms with Crippen LogP contribution in [0.5, 0.6) is 0 Å². The smallest absolute Gasteiger partial charge is 0.328 e. The van der Waals surface area contributed by atoms with E-state index in [1.807, 2.05) is 18.2 Å². The maximum absolute atomic E-state index is 12.3. The average molecular weight is 285 g/mol. The largest absolute Gasteiger partial charge is 0.478 e. The lowest BCUT2D eigenvalue weighted by Gasteiger charge is -2.05. The molecule has 0 bridgehead atoms. The maximum atomic E-state index is 12.3. The van der Waals surface area contributed by atoms with Gasteiger partial charge in [-0.05, 0) is 48.4 Å². The number of rotatable bonds is 4. The molecule has 0 aromatic heterocycles. The zero-order valence-corrected chi connectivity index (χ0v) is 11.8. The number of hydrogen-bond acceptors (Lipinski definition) is 2. The van der Waals surface area contributed by atoms with Gasteiger partial charge >= 0.3 is 5.97 Å². The Kier molecular flexibility index (Phi) is 3.78. The van der Waals surface area contributed by atoms with Gasteiger partial charge in [-0.15, -0.1) is 0 Å². The van der Waals surface area contributed by atoms with Gasteiger partial charge in [0.1, 0.15) is 0 Å². The molecule has 21 heavy (non-hydrogen) atoms. The zero-order chi connectivity index (χ0) is 14.8. The van der Waals surface area contributed by atoms with Gasteiger partial charge in [-0.1, -0.05) is 25.0 Å². The van der Waals surface area contributed by atoms with Crippen LogP contribution in [0.1, 0.15) is 31.2 Å². The van der Waals surface area contributed by atoms with E-state index in [1.165, 1.54) is 31.8 Å². The highest BCUT2D eigenvalue weighted by molar-refractivity contribution is 5.95. The molecule has 1 aromatic rings. The van der Waals surface area contributed by atoms with Crippen molar-refractivity contribution in [3.8, 4) is 0 Å². The Labute approximate surface area is 123 Å². The summed E-state index contributed by atoms with van der Waals surface area (Å²) in [4.78, 5) is 22.8. The summed E-state index contributed by atoms with van der Waals surface area (Å²) >= 11 is 0. The molecule has 0 saturated heterocycles. The standard InChI is InChI=1S/C17H19NO3/c19-15(20)9-8-11-4-3-5-12(10-11)18-17(21)16-13-6-1-2-7-14(13)16/h3-5,8-10,13-14,16H,1-2,6-7H2,(H,18,21)(H,19,20)/b9-8+. The number of nitrogens with one attached hydrogen (secondary N) is 1. The molecule has 2 aliphatic carbocycles. The predicted octanol–water partition coefficient (Wildman–Crippen LogP) is 3.16. The van der Waals surface area contributed by atoms with Gasteiger partial charge in [-0.25, -0.2) is 4.79 Å². The summed E-state index contributed by atoms with van der Waals surface area (Å²) < 4.78 is 0. The Morgan fingerprint density at radius 2 is 1.90 bits per heavy atom. The Hall–Kier alpha value is -2.10. The molecule has 2 atom stereocenters. The summed E-state index contributed by atoms with van der Waals surface area (Å²) in [7, 11) is 0. The van der Waals surface area contributed by atoms with Gasteiger partial charge in [0.2, 0.25) is 5.91 Å². The molecule has 0 radical (unpaired) electrons. The second-order valence-electron chi connectivity index (χ2n) is 5.92. The Bertz CT molecular complexity index is 581. The second-order valence-corrected chi connectivity index (χ2v) is 5.92. The monoisotopic (exact) mass is 285 g/mol. The third-order valence-electron chi connectivity index (χ3n) is 4.53. The fourth-order valence-corrected chi connectivity index (χ4v) is 3.49. The molecule has 2 fully saturated rings. The molecule has 2 unspecified atom stereocenters. The third-order valence-corrected chi connectivity index (χ3v) is 4.53. The van der Waals surface area contributed by atoms with Gasteiger partial charge in [0.25, 0.3) is 0 Å². The summed E-state index contributed by atoms with van der Waals surface area (Å²) in [5.74, 6) is 0.506. The predicted molar refractivity (Wildman–Crippen MR) is 80.7 cm³/mol. The minimum Gasteiger partial charge on any atom is -0.478 e. The highest BCUT2D eigenvalue weighted by Crippen LogP contribution is 2.55. The number of aliphatic carboxylic acids is 1. The highest BCUT2D eigenvalue weighted by atomic mass is 16.4. The molecule has 0 aliphatic heterocycles. The molecule has 1 aromatic carbocycles. The molecule has 4 nitrogen and oxygen atoms in total. The summed E-state index contributed by atoms with van der Waals surface area (Å²) in [6, 6.07) is 7.26. The number of benzene rings is 1. The summed E-state index contributed by atoms with van der Waals surface area (Å²) in [5.41, 5.74) is 1.50. The third kappa shape index (κ3) is 3.15. The van der Waals surface area contributed by atoms with Gasteiger partial charge in [0.15, 0.2) is 0 Å². The van der Waals surface area contributed by atoms with Gasteiger partial charge in [0, 0.05) is 17.7 Å². The van der Waals surface area contributed by atoms with Crippen molar-refractivity contribution in [3.63, 3.8) is 0 Å². The van der Waals surface area contributed by atoms with Crippen molar-refractivity contribution in [3.05, 3.63) is 35.9 Å². The van der Waals surface area contributed by atoms with Gasteiger partial charge in [-0.3, -0.25) is 4.79 Å². The lowest BCUT2D eigenvalue weighted by atomic mass is 10.0. The number of hydrogen-bond donors (Lipinski definition) is 2. The van der Waals surface area contributed by atoms with Gasteiger partial charge < -0.3 is 10.4 Å². The van der Waals surface area contributed by atoms with Crippen LogP contribution in [-0.4, -0.2) is 17.0 Å². The quantitative estimate of drug-likeness (QED) is 0.835. The molecule has 1 amide bonds. The van der Waals surface area contributed by atoms with Crippen molar-refractivity contribution in [1.82, 2.24) is 0 Å². The number of carboxylic acid groups (broad SMARTS) is 1. The minimum absolute atomic E-state index is 0.117. The average Bonchev–Trinajstić information content (AvgIpc) is 3.20. The Morgan fingerprint density at radius 3 is 2.57 bits per heavy atom. The number of carboxylic acids is 1. The molecule has 0 heterocycles. The summed E-state index contributed by atoms with van der Waals surface area (Å²) in [6.07, 6.45) is 7.49. The molecule has 2 aliphatic rings. The first-order valence-electron chi connectivity index (χ1n) is 7.47. The van der Waals surface area contributed by atoms with Crippen LogP contribution in [0.25, 0.3) is 6.08 Å². The number of amides is 1. The number of fused-ring (bicyclic) bond motifs is 1. The van der Waals surface area contributed by atoms with E-state index in [9.17, 15) is 9.59 Å². The van der Waals surface area contributed by atoms with E-state index in [0.717, 1.165) is 17.3 Å². The van der Waals surface area contributed by atoms with Gasteiger partial charge in [0.05, 0.1) is 0 Å². The molecule has 4 heteroatoms. The van der Waals surface area contributed by atoms with Crippen LogP contribution in [-0.2, 0) is 9.59 Å². The maximum Gasteiger partial charge on any atom is 0.328 e. The van der Waals surface area contributed by atoms with Crippen molar-refractivity contribution < 1.29 is 14.7 Å². The first-order valence-corrected chi connectivity index (χ1v) is 7.47.